The monoisotopic (exact) mass is 426 g/mol. The lowest BCUT2D eigenvalue weighted by molar-refractivity contribution is -0.121. The number of hydrogen-bond acceptors (Lipinski definition) is 2. The fraction of sp³-hybridized carbons (Fsp3) is 0.286. The number of fused-ring (bicyclic) bond motifs is 1. The predicted octanol–water partition coefficient (Wildman–Crippen LogP) is 5.81. The van der Waals surface area contributed by atoms with Crippen molar-refractivity contribution in [3.8, 4) is 0 Å². The van der Waals surface area contributed by atoms with E-state index in [0.29, 0.717) is 18.7 Å². The highest BCUT2D eigenvalue weighted by Crippen LogP contribution is 2.36. The molecule has 0 bridgehead atoms. The van der Waals surface area contributed by atoms with E-state index in [1.54, 1.807) is 4.90 Å². The number of rotatable bonds is 3. The Bertz CT molecular complexity index is 1110. The van der Waals surface area contributed by atoms with Crippen LogP contribution in [-0.4, -0.2) is 18.4 Å². The van der Waals surface area contributed by atoms with Gasteiger partial charge in [0.1, 0.15) is 0 Å². The van der Waals surface area contributed by atoms with E-state index < -0.39 is 0 Å². The quantitative estimate of drug-likeness (QED) is 0.530. The van der Waals surface area contributed by atoms with Crippen molar-refractivity contribution in [2.24, 2.45) is 5.92 Å². The molecule has 1 aliphatic rings. The largest absolute Gasteiger partial charge is 0.306 e. The molecule has 4 rings (SSSR count). The Balaban J connectivity index is 1.71. The van der Waals surface area contributed by atoms with E-state index >= 15 is 0 Å². The van der Waals surface area contributed by atoms with Gasteiger partial charge in [-0.2, -0.15) is 0 Å². The number of benzene rings is 3. The smallest absolute Gasteiger partial charge is 0.258 e. The number of para-hydroxylation sites is 2. The molecular formula is C28H30N2O2. The van der Waals surface area contributed by atoms with Crippen molar-refractivity contribution in [3.63, 3.8) is 0 Å². The summed E-state index contributed by atoms with van der Waals surface area (Å²) in [6.07, 6.45) is 0. The van der Waals surface area contributed by atoms with Gasteiger partial charge in [-0.3, -0.25) is 9.59 Å². The molecule has 0 N–H and O–H groups in total. The summed E-state index contributed by atoms with van der Waals surface area (Å²) in [7, 11) is 0. The van der Waals surface area contributed by atoms with Crippen LogP contribution in [0.15, 0.2) is 78.9 Å². The van der Waals surface area contributed by atoms with Crippen LogP contribution in [-0.2, 0) is 16.8 Å². The Hall–Kier alpha value is -3.40. The van der Waals surface area contributed by atoms with Crippen molar-refractivity contribution in [2.45, 2.75) is 39.7 Å². The van der Waals surface area contributed by atoms with Crippen molar-refractivity contribution in [1.82, 2.24) is 0 Å². The number of carbonyl (C=O) groups excluding carboxylic acids is 2. The summed E-state index contributed by atoms with van der Waals surface area (Å²) in [6.45, 7) is 9.29. The molecule has 3 aromatic rings. The predicted molar refractivity (Wildman–Crippen MR) is 130 cm³/mol. The van der Waals surface area contributed by atoms with Crippen LogP contribution in [0.3, 0.4) is 0 Å². The van der Waals surface area contributed by atoms with Crippen LogP contribution >= 0.6 is 0 Å². The minimum absolute atomic E-state index is 0.0284. The Morgan fingerprint density at radius 2 is 1.47 bits per heavy atom. The van der Waals surface area contributed by atoms with Crippen LogP contribution in [0.2, 0.25) is 0 Å². The van der Waals surface area contributed by atoms with Gasteiger partial charge in [-0.1, -0.05) is 82.3 Å². The van der Waals surface area contributed by atoms with Gasteiger partial charge in [-0.05, 0) is 40.8 Å². The molecule has 1 atom stereocenters. The number of amides is 2. The molecule has 0 saturated heterocycles. The first kappa shape index (κ1) is 21.8. The van der Waals surface area contributed by atoms with Crippen LogP contribution in [0.25, 0.3) is 0 Å². The molecule has 0 spiro atoms. The van der Waals surface area contributed by atoms with E-state index in [-0.39, 0.29) is 23.1 Å². The fourth-order valence-electron chi connectivity index (χ4n) is 4.14. The van der Waals surface area contributed by atoms with Gasteiger partial charge < -0.3 is 9.80 Å². The molecule has 0 radical (unpaired) electrons. The van der Waals surface area contributed by atoms with Crippen LogP contribution in [0, 0.1) is 5.92 Å². The highest BCUT2D eigenvalue weighted by molar-refractivity contribution is 6.11. The summed E-state index contributed by atoms with van der Waals surface area (Å²) >= 11 is 0. The SMILES string of the molecule is CC1CN(C(=O)c2ccccc2)c2ccccc2N(Cc2ccc(C(C)(C)C)cc2)C1=O. The average molecular weight is 427 g/mol. The number of hydrogen-bond donors (Lipinski definition) is 0. The molecule has 164 valence electrons. The lowest BCUT2D eigenvalue weighted by atomic mass is 9.87. The Labute approximate surface area is 190 Å². The molecule has 0 aliphatic carbocycles. The van der Waals surface area contributed by atoms with Crippen molar-refractivity contribution < 1.29 is 9.59 Å². The summed E-state index contributed by atoms with van der Waals surface area (Å²) in [5, 5.41) is 0. The van der Waals surface area contributed by atoms with Gasteiger partial charge in [0.2, 0.25) is 5.91 Å². The fourth-order valence-corrected chi connectivity index (χ4v) is 4.14. The lowest BCUT2D eigenvalue weighted by Gasteiger charge is -2.26. The van der Waals surface area contributed by atoms with Gasteiger partial charge in [-0.25, -0.2) is 0 Å². The van der Waals surface area contributed by atoms with Gasteiger partial charge in [0, 0.05) is 12.1 Å². The third kappa shape index (κ3) is 4.31. The minimum Gasteiger partial charge on any atom is -0.306 e. The second-order valence-corrected chi connectivity index (χ2v) is 9.54. The maximum Gasteiger partial charge on any atom is 0.258 e. The molecule has 32 heavy (non-hydrogen) atoms. The molecule has 3 aromatic carbocycles. The number of carbonyl (C=O) groups is 2. The normalized spacial score (nSPS) is 16.5. The van der Waals surface area contributed by atoms with E-state index in [4.69, 9.17) is 0 Å². The van der Waals surface area contributed by atoms with E-state index in [1.165, 1.54) is 5.56 Å². The molecule has 2 amide bonds. The summed E-state index contributed by atoms with van der Waals surface area (Å²) in [5.74, 6) is -0.376. The third-order valence-corrected chi connectivity index (χ3v) is 6.03. The van der Waals surface area contributed by atoms with Gasteiger partial charge in [-0.15, -0.1) is 0 Å². The third-order valence-electron chi connectivity index (χ3n) is 6.03. The van der Waals surface area contributed by atoms with E-state index in [9.17, 15) is 9.59 Å². The molecule has 1 unspecified atom stereocenters. The number of nitrogens with zero attached hydrogens (tertiary/aromatic N) is 2. The molecule has 4 heteroatoms. The van der Waals surface area contributed by atoms with Crippen LogP contribution < -0.4 is 9.80 Å². The second kappa shape index (κ2) is 8.62. The molecular weight excluding hydrogens is 396 g/mol. The highest BCUT2D eigenvalue weighted by Gasteiger charge is 2.34. The van der Waals surface area contributed by atoms with Crippen molar-refractivity contribution in [2.75, 3.05) is 16.3 Å². The van der Waals surface area contributed by atoms with Crippen LogP contribution in [0.5, 0.6) is 0 Å². The molecule has 1 heterocycles. The summed E-state index contributed by atoms with van der Waals surface area (Å²) in [4.78, 5) is 30.4. The Morgan fingerprint density at radius 1 is 0.875 bits per heavy atom. The first-order chi connectivity index (χ1) is 15.3. The van der Waals surface area contributed by atoms with Gasteiger partial charge >= 0.3 is 0 Å². The zero-order valence-electron chi connectivity index (χ0n) is 19.2. The number of anilines is 2. The van der Waals surface area contributed by atoms with E-state index in [0.717, 1.165) is 16.9 Å². The Morgan fingerprint density at radius 3 is 2.09 bits per heavy atom. The first-order valence-corrected chi connectivity index (χ1v) is 11.1. The van der Waals surface area contributed by atoms with Gasteiger partial charge in [0.05, 0.1) is 23.8 Å². The minimum atomic E-state index is -0.316. The summed E-state index contributed by atoms with van der Waals surface area (Å²) < 4.78 is 0. The highest BCUT2D eigenvalue weighted by atomic mass is 16.2. The maximum atomic E-state index is 13.4. The molecule has 0 aromatic heterocycles. The molecule has 4 nitrogen and oxygen atoms in total. The summed E-state index contributed by atoms with van der Waals surface area (Å²) in [6, 6.07) is 25.4. The topological polar surface area (TPSA) is 40.6 Å². The maximum absolute atomic E-state index is 13.4. The van der Waals surface area contributed by atoms with Gasteiger partial charge in [0.15, 0.2) is 0 Å². The van der Waals surface area contributed by atoms with Gasteiger partial charge in [0.25, 0.3) is 5.91 Å². The standard InChI is InChI=1S/C28H30N2O2/c1-20-18-29(27(32)22-10-6-5-7-11-22)24-12-8-9-13-25(24)30(26(20)31)19-21-14-16-23(17-15-21)28(2,3)4/h5-17,20H,18-19H2,1-4H3. The van der Waals surface area contributed by atoms with Crippen molar-refractivity contribution in [3.05, 3.63) is 95.6 Å². The zero-order valence-corrected chi connectivity index (χ0v) is 19.2. The molecule has 0 saturated carbocycles. The van der Waals surface area contributed by atoms with E-state index in [2.05, 4.69) is 45.0 Å². The average Bonchev–Trinajstić information content (AvgIpc) is 2.89. The Kier molecular flexibility index (Phi) is 5.88. The second-order valence-electron chi connectivity index (χ2n) is 9.54. The van der Waals surface area contributed by atoms with Crippen molar-refractivity contribution >= 4 is 23.2 Å². The zero-order chi connectivity index (χ0) is 22.9. The lowest BCUT2D eigenvalue weighted by Crippen LogP contribution is -2.38. The van der Waals surface area contributed by atoms with Crippen LogP contribution in [0.1, 0.15) is 49.2 Å². The van der Waals surface area contributed by atoms with Crippen LogP contribution in [0.4, 0.5) is 11.4 Å². The molecule has 0 fully saturated rings. The van der Waals surface area contributed by atoms with E-state index in [1.807, 2.05) is 66.4 Å². The molecule has 1 aliphatic heterocycles. The summed E-state index contributed by atoms with van der Waals surface area (Å²) in [5.41, 5.74) is 4.56. The first-order valence-electron chi connectivity index (χ1n) is 11.1. The van der Waals surface area contributed by atoms with Crippen molar-refractivity contribution in [1.29, 1.82) is 0 Å².